The molecule has 0 heterocycles. The second kappa shape index (κ2) is 13.2. The molecule has 0 aromatic heterocycles. The second-order valence-corrected chi connectivity index (χ2v) is 11.2. The molecular formula is C29H36N4O4S. The number of nitrogens with zero attached hydrogens (tertiary/aromatic N) is 3. The van der Waals surface area contributed by atoms with Crippen LogP contribution in [0.5, 0.6) is 0 Å². The first kappa shape index (κ1) is 28.9. The molecule has 202 valence electrons. The van der Waals surface area contributed by atoms with Crippen LogP contribution in [0.25, 0.3) is 0 Å². The molecule has 0 saturated heterocycles. The first-order valence-electron chi connectivity index (χ1n) is 12.6. The lowest BCUT2D eigenvalue weighted by Crippen LogP contribution is -2.54. The van der Waals surface area contributed by atoms with Crippen LogP contribution in [0, 0.1) is 6.92 Å². The van der Waals surface area contributed by atoms with Gasteiger partial charge < -0.3 is 10.2 Å². The van der Waals surface area contributed by atoms with Crippen molar-refractivity contribution in [2.45, 2.75) is 32.9 Å². The number of aryl methyl sites for hydroxylation is 1. The molecule has 3 rings (SSSR count). The summed E-state index contributed by atoms with van der Waals surface area (Å²) in [6.07, 6.45) is 0.288. The molecule has 3 aromatic carbocycles. The molecule has 0 aliphatic carbocycles. The van der Waals surface area contributed by atoms with E-state index in [2.05, 4.69) is 5.32 Å². The third-order valence-corrected chi connectivity index (χ3v) is 8.11. The van der Waals surface area contributed by atoms with Crippen LogP contribution in [-0.2, 0) is 32.8 Å². The van der Waals surface area contributed by atoms with Gasteiger partial charge in [0, 0.05) is 33.6 Å². The molecule has 8 nitrogen and oxygen atoms in total. The Hall–Kier alpha value is -3.69. The quantitative estimate of drug-likeness (QED) is 0.384. The van der Waals surface area contributed by atoms with Crippen LogP contribution in [0.15, 0.2) is 84.9 Å². The molecule has 1 atom stereocenters. The van der Waals surface area contributed by atoms with Gasteiger partial charge in [0.25, 0.3) is 0 Å². The Labute approximate surface area is 226 Å². The molecule has 3 aromatic rings. The summed E-state index contributed by atoms with van der Waals surface area (Å²) in [4.78, 5) is 29.0. The van der Waals surface area contributed by atoms with Gasteiger partial charge in [-0.3, -0.25) is 9.59 Å². The number of likely N-dealkylation sites (N-methyl/N-ethyl adjacent to an activating group) is 1. The molecule has 38 heavy (non-hydrogen) atoms. The van der Waals surface area contributed by atoms with E-state index in [1.807, 2.05) is 68.4 Å². The van der Waals surface area contributed by atoms with Crippen LogP contribution in [0.2, 0.25) is 0 Å². The number of hydrogen-bond acceptors (Lipinski definition) is 4. The topological polar surface area (TPSA) is 90.0 Å². The summed E-state index contributed by atoms with van der Waals surface area (Å²) in [6.45, 7) is 3.88. The van der Waals surface area contributed by atoms with Crippen molar-refractivity contribution in [1.29, 1.82) is 0 Å². The number of rotatable bonds is 12. The Bertz CT molecular complexity index is 1310. The number of nitrogens with one attached hydrogen (secondary N) is 1. The fourth-order valence-electron chi connectivity index (χ4n) is 4.13. The minimum absolute atomic E-state index is 0.158. The number of para-hydroxylation sites is 1. The molecule has 2 amide bonds. The maximum absolute atomic E-state index is 14.1. The van der Waals surface area contributed by atoms with E-state index < -0.39 is 28.7 Å². The average Bonchev–Trinajstić information content (AvgIpc) is 2.91. The third kappa shape index (κ3) is 7.20. The van der Waals surface area contributed by atoms with Crippen molar-refractivity contribution >= 4 is 27.7 Å². The standard InChI is InChI=1S/C29H36N4O4S/c1-5-30-29(35)27(20-24-15-8-6-9-16-24)32(21-25-17-13-12-14-23(25)2)28(34)22-33(38(36,37)31(3)4)26-18-10-7-11-19-26/h6-19,27H,5,20-22H2,1-4H3,(H,30,35)/t27-/m0/s1. The number of carbonyl (C=O) groups excluding carboxylic acids is 2. The van der Waals surface area contributed by atoms with E-state index in [0.717, 1.165) is 25.3 Å². The predicted octanol–water partition coefficient (Wildman–Crippen LogP) is 3.38. The van der Waals surface area contributed by atoms with Crippen LogP contribution in [0.4, 0.5) is 5.69 Å². The summed E-state index contributed by atoms with van der Waals surface area (Å²) in [5, 5.41) is 2.86. The SMILES string of the molecule is CCNC(=O)[C@H](Cc1ccccc1)N(Cc1ccccc1C)C(=O)CN(c1ccccc1)S(=O)(=O)N(C)C. The van der Waals surface area contributed by atoms with Gasteiger partial charge in [-0.2, -0.15) is 12.7 Å². The van der Waals surface area contributed by atoms with E-state index in [1.165, 1.54) is 19.0 Å². The molecule has 0 radical (unpaired) electrons. The maximum Gasteiger partial charge on any atom is 0.304 e. The fourth-order valence-corrected chi connectivity index (χ4v) is 5.18. The lowest BCUT2D eigenvalue weighted by atomic mass is 10.0. The summed E-state index contributed by atoms with van der Waals surface area (Å²) in [6, 6.07) is 24.8. The number of hydrogen-bond donors (Lipinski definition) is 1. The van der Waals surface area contributed by atoms with Crippen molar-refractivity contribution < 1.29 is 18.0 Å². The number of benzene rings is 3. The summed E-state index contributed by atoms with van der Waals surface area (Å²) in [5.41, 5.74) is 3.11. The van der Waals surface area contributed by atoms with E-state index in [4.69, 9.17) is 0 Å². The average molecular weight is 537 g/mol. The van der Waals surface area contributed by atoms with Gasteiger partial charge in [0.1, 0.15) is 12.6 Å². The van der Waals surface area contributed by atoms with E-state index in [-0.39, 0.29) is 18.9 Å². The second-order valence-electron chi connectivity index (χ2n) is 9.18. The zero-order valence-corrected chi connectivity index (χ0v) is 23.2. The summed E-state index contributed by atoms with van der Waals surface area (Å²) >= 11 is 0. The summed E-state index contributed by atoms with van der Waals surface area (Å²) in [5.74, 6) is -0.769. The molecule has 1 N–H and O–H groups in total. The van der Waals surface area contributed by atoms with Gasteiger partial charge >= 0.3 is 10.2 Å². The van der Waals surface area contributed by atoms with Crippen molar-refractivity contribution in [2.75, 3.05) is 31.5 Å². The normalized spacial score (nSPS) is 12.1. The highest BCUT2D eigenvalue weighted by molar-refractivity contribution is 7.90. The van der Waals surface area contributed by atoms with Crippen molar-refractivity contribution in [3.05, 3.63) is 102 Å². The predicted molar refractivity (Wildman–Crippen MR) is 151 cm³/mol. The van der Waals surface area contributed by atoms with Crippen molar-refractivity contribution in [3.63, 3.8) is 0 Å². The molecular weight excluding hydrogens is 500 g/mol. The van der Waals surface area contributed by atoms with Gasteiger partial charge in [-0.25, -0.2) is 4.31 Å². The lowest BCUT2D eigenvalue weighted by Gasteiger charge is -2.34. The van der Waals surface area contributed by atoms with E-state index in [0.29, 0.717) is 12.2 Å². The number of anilines is 1. The van der Waals surface area contributed by atoms with E-state index in [9.17, 15) is 18.0 Å². The lowest BCUT2D eigenvalue weighted by molar-refractivity contribution is -0.140. The first-order valence-corrected chi connectivity index (χ1v) is 14.0. The molecule has 0 bridgehead atoms. The third-order valence-electron chi connectivity index (χ3n) is 6.29. The zero-order chi connectivity index (χ0) is 27.7. The monoisotopic (exact) mass is 536 g/mol. The maximum atomic E-state index is 14.1. The minimum Gasteiger partial charge on any atom is -0.355 e. The van der Waals surface area contributed by atoms with Crippen molar-refractivity contribution in [1.82, 2.24) is 14.5 Å². The molecule has 0 aliphatic rings. The zero-order valence-electron chi connectivity index (χ0n) is 22.4. The van der Waals surface area contributed by atoms with Crippen LogP contribution in [0.1, 0.15) is 23.6 Å². The number of carbonyl (C=O) groups is 2. The Balaban J connectivity index is 2.07. The fraction of sp³-hybridized carbons (Fsp3) is 0.310. The van der Waals surface area contributed by atoms with Crippen LogP contribution in [-0.4, -0.2) is 62.7 Å². The Morgan fingerprint density at radius 2 is 1.45 bits per heavy atom. The van der Waals surface area contributed by atoms with Crippen molar-refractivity contribution in [3.8, 4) is 0 Å². The highest BCUT2D eigenvalue weighted by Crippen LogP contribution is 2.22. The van der Waals surface area contributed by atoms with Gasteiger partial charge in [-0.05, 0) is 42.7 Å². The summed E-state index contributed by atoms with van der Waals surface area (Å²) < 4.78 is 28.8. The highest BCUT2D eigenvalue weighted by Gasteiger charge is 2.34. The van der Waals surface area contributed by atoms with Gasteiger partial charge in [0.2, 0.25) is 11.8 Å². The smallest absolute Gasteiger partial charge is 0.304 e. The molecule has 9 heteroatoms. The van der Waals surface area contributed by atoms with Crippen LogP contribution in [0.3, 0.4) is 0 Å². The minimum atomic E-state index is -4.00. The van der Waals surface area contributed by atoms with Crippen molar-refractivity contribution in [2.24, 2.45) is 0 Å². The van der Waals surface area contributed by atoms with E-state index in [1.54, 1.807) is 30.3 Å². The molecule has 0 saturated carbocycles. The molecule has 0 aliphatic heterocycles. The van der Waals surface area contributed by atoms with Crippen LogP contribution < -0.4 is 9.62 Å². The van der Waals surface area contributed by atoms with Crippen LogP contribution >= 0.6 is 0 Å². The Morgan fingerprint density at radius 3 is 2.03 bits per heavy atom. The molecule has 0 fully saturated rings. The summed E-state index contributed by atoms with van der Waals surface area (Å²) in [7, 11) is -1.15. The highest BCUT2D eigenvalue weighted by atomic mass is 32.2. The largest absolute Gasteiger partial charge is 0.355 e. The van der Waals surface area contributed by atoms with Gasteiger partial charge in [-0.15, -0.1) is 0 Å². The van der Waals surface area contributed by atoms with E-state index >= 15 is 0 Å². The van der Waals surface area contributed by atoms with Gasteiger partial charge in [0.15, 0.2) is 0 Å². The van der Waals surface area contributed by atoms with Gasteiger partial charge in [0.05, 0.1) is 5.69 Å². The van der Waals surface area contributed by atoms with Gasteiger partial charge in [-0.1, -0.05) is 72.8 Å². The first-order chi connectivity index (χ1) is 18.1. The Morgan fingerprint density at radius 1 is 0.868 bits per heavy atom. The molecule has 0 unspecified atom stereocenters. The Kier molecular flexibility index (Phi) is 10.0. The molecule has 0 spiro atoms. The number of amides is 2.